The number of carbonyl (C=O) groups excluding carboxylic acids is 2. The Kier molecular flexibility index (Phi) is 4.63. The number of para-hydroxylation sites is 1. The van der Waals surface area contributed by atoms with Gasteiger partial charge in [-0.15, -0.1) is 0 Å². The standard InChI is InChI=1S/C20H23NO5/c1-11-16-14(22)9-20(2,3)10-15(16)26-17(11)18(23)21-13-8-6-5-7-12(13)19(24)25-4/h5-8,14,22H,9-10H2,1-4H3,(H,21,23). The fourth-order valence-electron chi connectivity index (χ4n) is 3.56. The zero-order valence-corrected chi connectivity index (χ0v) is 15.4. The fourth-order valence-corrected chi connectivity index (χ4v) is 3.56. The number of fused-ring (bicyclic) bond motifs is 1. The van der Waals surface area contributed by atoms with E-state index in [0.29, 0.717) is 35.4 Å². The number of amides is 1. The first kappa shape index (κ1) is 18.2. The van der Waals surface area contributed by atoms with Crippen molar-refractivity contribution < 1.29 is 23.8 Å². The van der Waals surface area contributed by atoms with Crippen molar-refractivity contribution in [3.05, 3.63) is 52.5 Å². The molecule has 2 aromatic rings. The molecule has 0 radical (unpaired) electrons. The lowest BCUT2D eigenvalue weighted by atomic mass is 9.75. The van der Waals surface area contributed by atoms with Crippen molar-refractivity contribution in [1.82, 2.24) is 0 Å². The van der Waals surface area contributed by atoms with Crippen molar-refractivity contribution in [2.24, 2.45) is 5.41 Å². The van der Waals surface area contributed by atoms with Crippen LogP contribution in [0.25, 0.3) is 0 Å². The first-order valence-electron chi connectivity index (χ1n) is 8.52. The molecule has 0 fully saturated rings. The second-order valence-electron chi connectivity index (χ2n) is 7.45. The van der Waals surface area contributed by atoms with E-state index in [1.165, 1.54) is 7.11 Å². The smallest absolute Gasteiger partial charge is 0.339 e. The van der Waals surface area contributed by atoms with E-state index in [2.05, 4.69) is 19.2 Å². The molecule has 6 heteroatoms. The van der Waals surface area contributed by atoms with Crippen molar-refractivity contribution >= 4 is 17.6 Å². The maximum absolute atomic E-state index is 12.7. The highest BCUT2D eigenvalue weighted by Crippen LogP contribution is 2.44. The van der Waals surface area contributed by atoms with Gasteiger partial charge in [-0.05, 0) is 30.9 Å². The second-order valence-corrected chi connectivity index (χ2v) is 7.45. The molecule has 3 rings (SSSR count). The van der Waals surface area contributed by atoms with Gasteiger partial charge in [-0.2, -0.15) is 0 Å². The van der Waals surface area contributed by atoms with Crippen molar-refractivity contribution in [2.45, 2.75) is 39.7 Å². The Morgan fingerprint density at radius 3 is 2.69 bits per heavy atom. The monoisotopic (exact) mass is 357 g/mol. The lowest BCUT2D eigenvalue weighted by Gasteiger charge is -2.31. The van der Waals surface area contributed by atoms with Gasteiger partial charge in [-0.3, -0.25) is 4.79 Å². The van der Waals surface area contributed by atoms with Gasteiger partial charge in [0, 0.05) is 17.5 Å². The minimum Gasteiger partial charge on any atom is -0.465 e. The number of nitrogens with one attached hydrogen (secondary N) is 1. The summed E-state index contributed by atoms with van der Waals surface area (Å²) in [6.45, 7) is 5.89. The molecule has 0 bridgehead atoms. The first-order valence-corrected chi connectivity index (χ1v) is 8.52. The normalized spacial score (nSPS) is 18.1. The number of furan rings is 1. The van der Waals surface area contributed by atoms with Gasteiger partial charge >= 0.3 is 5.97 Å². The number of hydrogen-bond acceptors (Lipinski definition) is 5. The molecule has 0 saturated carbocycles. The molecule has 6 nitrogen and oxygen atoms in total. The molecular weight excluding hydrogens is 334 g/mol. The number of benzene rings is 1. The topological polar surface area (TPSA) is 88.8 Å². The lowest BCUT2D eigenvalue weighted by Crippen LogP contribution is -2.24. The van der Waals surface area contributed by atoms with E-state index in [1.807, 2.05) is 0 Å². The van der Waals surface area contributed by atoms with Gasteiger partial charge in [0.25, 0.3) is 5.91 Å². The Hall–Kier alpha value is -2.60. The molecule has 1 aliphatic rings. The van der Waals surface area contributed by atoms with Crippen molar-refractivity contribution in [2.75, 3.05) is 12.4 Å². The van der Waals surface area contributed by atoms with Crippen LogP contribution in [0.15, 0.2) is 28.7 Å². The fraction of sp³-hybridized carbons (Fsp3) is 0.400. The van der Waals surface area contributed by atoms with E-state index < -0.39 is 18.0 Å². The lowest BCUT2D eigenvalue weighted by molar-refractivity contribution is 0.0601. The summed E-state index contributed by atoms with van der Waals surface area (Å²) >= 11 is 0. The maximum atomic E-state index is 12.7. The van der Waals surface area contributed by atoms with E-state index in [0.717, 1.165) is 0 Å². The van der Waals surface area contributed by atoms with Crippen LogP contribution in [-0.2, 0) is 11.2 Å². The number of hydrogen-bond donors (Lipinski definition) is 2. The number of anilines is 1. The zero-order chi connectivity index (χ0) is 19.1. The number of carbonyl (C=O) groups is 2. The van der Waals surface area contributed by atoms with Crippen LogP contribution in [0.5, 0.6) is 0 Å². The minimum absolute atomic E-state index is 0.0953. The third-order valence-electron chi connectivity index (χ3n) is 4.78. The first-order chi connectivity index (χ1) is 12.2. The minimum atomic E-state index is -0.651. The maximum Gasteiger partial charge on any atom is 0.339 e. The molecule has 0 aliphatic heterocycles. The van der Waals surface area contributed by atoms with Crippen LogP contribution >= 0.6 is 0 Å². The largest absolute Gasteiger partial charge is 0.465 e. The van der Waals surface area contributed by atoms with Crippen LogP contribution in [-0.4, -0.2) is 24.1 Å². The second kappa shape index (κ2) is 6.61. The SMILES string of the molecule is COC(=O)c1ccccc1NC(=O)c1oc2c(c1C)C(O)CC(C)(C)C2. The highest BCUT2D eigenvalue weighted by molar-refractivity contribution is 6.07. The Bertz CT molecular complexity index is 865. The van der Waals surface area contributed by atoms with Crippen molar-refractivity contribution in [3.8, 4) is 0 Å². The molecule has 138 valence electrons. The van der Waals surface area contributed by atoms with E-state index in [9.17, 15) is 14.7 Å². The number of methoxy groups -OCH3 is 1. The van der Waals surface area contributed by atoms with Gasteiger partial charge in [0.05, 0.1) is 24.5 Å². The third-order valence-corrected chi connectivity index (χ3v) is 4.78. The van der Waals surface area contributed by atoms with Crippen LogP contribution < -0.4 is 5.32 Å². The summed E-state index contributed by atoms with van der Waals surface area (Å²) in [6, 6.07) is 6.61. The van der Waals surface area contributed by atoms with Crippen LogP contribution in [0.1, 0.15) is 64.2 Å². The summed E-state index contributed by atoms with van der Waals surface area (Å²) in [5.41, 5.74) is 1.85. The molecule has 1 atom stereocenters. The summed E-state index contributed by atoms with van der Waals surface area (Å²) in [7, 11) is 1.29. The quantitative estimate of drug-likeness (QED) is 0.819. The number of rotatable bonds is 3. The van der Waals surface area contributed by atoms with Gasteiger partial charge in [0.2, 0.25) is 0 Å². The van der Waals surface area contributed by atoms with Gasteiger partial charge in [-0.25, -0.2) is 4.79 Å². The number of ether oxygens (including phenoxy) is 1. The third kappa shape index (κ3) is 3.24. The van der Waals surface area contributed by atoms with Crippen LogP contribution in [0, 0.1) is 12.3 Å². The molecule has 1 aliphatic carbocycles. The van der Waals surface area contributed by atoms with Gasteiger partial charge < -0.3 is 19.6 Å². The molecule has 1 heterocycles. The molecule has 1 aromatic carbocycles. The number of aliphatic hydroxyl groups excluding tert-OH is 1. The zero-order valence-electron chi connectivity index (χ0n) is 15.4. The average Bonchev–Trinajstić information content (AvgIpc) is 2.90. The molecule has 2 N–H and O–H groups in total. The highest BCUT2D eigenvalue weighted by atomic mass is 16.5. The Morgan fingerprint density at radius 2 is 2.00 bits per heavy atom. The van der Waals surface area contributed by atoms with Crippen molar-refractivity contribution in [3.63, 3.8) is 0 Å². The molecule has 0 saturated heterocycles. The number of aliphatic hydroxyl groups is 1. The highest BCUT2D eigenvalue weighted by Gasteiger charge is 2.37. The van der Waals surface area contributed by atoms with Gasteiger partial charge in [-0.1, -0.05) is 26.0 Å². The van der Waals surface area contributed by atoms with E-state index in [4.69, 9.17) is 9.15 Å². The van der Waals surface area contributed by atoms with Crippen LogP contribution in [0.3, 0.4) is 0 Å². The summed E-state index contributed by atoms with van der Waals surface area (Å²) in [6.07, 6.45) is 0.625. The average molecular weight is 357 g/mol. The number of esters is 1. The molecule has 1 unspecified atom stereocenters. The predicted molar refractivity (Wildman–Crippen MR) is 96.2 cm³/mol. The Labute approximate surface area is 152 Å². The summed E-state index contributed by atoms with van der Waals surface area (Å²) in [5.74, 6) is -0.184. The van der Waals surface area contributed by atoms with Gasteiger partial charge in [0.1, 0.15) is 5.76 Å². The van der Waals surface area contributed by atoms with Crippen LogP contribution in [0.2, 0.25) is 0 Å². The molecule has 26 heavy (non-hydrogen) atoms. The Balaban J connectivity index is 1.93. The molecule has 0 spiro atoms. The predicted octanol–water partition coefficient (Wildman–Crippen LogP) is 3.63. The van der Waals surface area contributed by atoms with Crippen LogP contribution in [0.4, 0.5) is 5.69 Å². The molecule has 1 aromatic heterocycles. The summed E-state index contributed by atoms with van der Waals surface area (Å²) < 4.78 is 10.6. The van der Waals surface area contributed by atoms with E-state index in [1.54, 1.807) is 31.2 Å². The molecule has 1 amide bonds. The van der Waals surface area contributed by atoms with Crippen molar-refractivity contribution in [1.29, 1.82) is 0 Å². The summed E-state index contributed by atoms with van der Waals surface area (Å²) in [4.78, 5) is 24.6. The Morgan fingerprint density at radius 1 is 1.31 bits per heavy atom. The molecular formula is C20H23NO5. The van der Waals surface area contributed by atoms with E-state index >= 15 is 0 Å². The van der Waals surface area contributed by atoms with Gasteiger partial charge in [0.15, 0.2) is 5.76 Å². The van der Waals surface area contributed by atoms with E-state index in [-0.39, 0.29) is 16.7 Å². The summed E-state index contributed by atoms with van der Waals surface area (Å²) in [5, 5.41) is 13.2.